The maximum absolute atomic E-state index is 12.1. The molecule has 0 saturated heterocycles. The van der Waals surface area contributed by atoms with Crippen molar-refractivity contribution in [2.45, 2.75) is 51.8 Å². The van der Waals surface area contributed by atoms with E-state index in [-0.39, 0.29) is 6.09 Å². The van der Waals surface area contributed by atoms with Gasteiger partial charge >= 0.3 is 6.09 Å². The van der Waals surface area contributed by atoms with Crippen molar-refractivity contribution in [2.75, 3.05) is 13.1 Å². The van der Waals surface area contributed by atoms with E-state index in [9.17, 15) is 4.79 Å². The standard InChI is InChI=1S/C15H25N3O2/c1-15(2,3)20-14(19)18(13-6-7-13)10-9-16-11-12-5-4-8-17-12/h4-5,8,13,16-17H,6-7,9-11H2,1-3H3. The number of hydrogen-bond donors (Lipinski definition) is 2. The SMILES string of the molecule is CC(C)(C)OC(=O)N(CCNCc1ccc[nH]1)C1CC1. The molecule has 1 saturated carbocycles. The van der Waals surface area contributed by atoms with Crippen molar-refractivity contribution >= 4 is 6.09 Å². The van der Waals surface area contributed by atoms with Crippen LogP contribution in [0, 0.1) is 0 Å². The fraction of sp³-hybridized carbons (Fsp3) is 0.667. The van der Waals surface area contributed by atoms with Crippen LogP contribution < -0.4 is 5.32 Å². The predicted molar refractivity (Wildman–Crippen MR) is 78.5 cm³/mol. The van der Waals surface area contributed by atoms with Gasteiger partial charge in [-0.2, -0.15) is 0 Å². The lowest BCUT2D eigenvalue weighted by Gasteiger charge is -2.27. The van der Waals surface area contributed by atoms with Gasteiger partial charge in [-0.3, -0.25) is 0 Å². The lowest BCUT2D eigenvalue weighted by atomic mass is 10.2. The van der Waals surface area contributed by atoms with Crippen LogP contribution in [0.1, 0.15) is 39.3 Å². The smallest absolute Gasteiger partial charge is 0.410 e. The molecule has 0 radical (unpaired) electrons. The van der Waals surface area contributed by atoms with Gasteiger partial charge in [-0.25, -0.2) is 4.79 Å². The minimum atomic E-state index is -0.429. The highest BCUT2D eigenvalue weighted by atomic mass is 16.6. The summed E-state index contributed by atoms with van der Waals surface area (Å²) in [5, 5.41) is 3.34. The molecule has 1 aromatic rings. The summed E-state index contributed by atoms with van der Waals surface area (Å²) in [5.74, 6) is 0. The van der Waals surface area contributed by atoms with Crippen LogP contribution in [0.4, 0.5) is 4.79 Å². The molecule has 2 N–H and O–H groups in total. The molecule has 1 fully saturated rings. The maximum atomic E-state index is 12.1. The first-order chi connectivity index (χ1) is 9.46. The van der Waals surface area contributed by atoms with E-state index in [2.05, 4.69) is 10.3 Å². The third-order valence-electron chi connectivity index (χ3n) is 3.12. The fourth-order valence-electron chi connectivity index (χ4n) is 2.03. The van der Waals surface area contributed by atoms with E-state index < -0.39 is 5.60 Å². The first-order valence-corrected chi connectivity index (χ1v) is 7.28. The van der Waals surface area contributed by atoms with Crippen molar-refractivity contribution in [1.82, 2.24) is 15.2 Å². The third-order valence-corrected chi connectivity index (χ3v) is 3.12. The molecule has 2 rings (SSSR count). The number of nitrogens with one attached hydrogen (secondary N) is 2. The van der Waals surface area contributed by atoms with Crippen LogP contribution in [-0.2, 0) is 11.3 Å². The van der Waals surface area contributed by atoms with Gasteiger partial charge in [0.1, 0.15) is 5.60 Å². The molecule has 0 aromatic carbocycles. The van der Waals surface area contributed by atoms with Crippen molar-refractivity contribution in [3.63, 3.8) is 0 Å². The number of ether oxygens (including phenoxy) is 1. The van der Waals surface area contributed by atoms with Crippen LogP contribution >= 0.6 is 0 Å². The van der Waals surface area contributed by atoms with Crippen LogP contribution in [0.25, 0.3) is 0 Å². The van der Waals surface area contributed by atoms with Crippen molar-refractivity contribution in [2.24, 2.45) is 0 Å². The molecule has 5 nitrogen and oxygen atoms in total. The lowest BCUT2D eigenvalue weighted by molar-refractivity contribution is 0.0236. The fourth-order valence-corrected chi connectivity index (χ4v) is 2.03. The van der Waals surface area contributed by atoms with Gasteiger partial charge in [0.25, 0.3) is 0 Å². The Morgan fingerprint density at radius 1 is 1.50 bits per heavy atom. The van der Waals surface area contributed by atoms with Gasteiger partial charge in [0.2, 0.25) is 0 Å². The molecule has 1 amide bonds. The highest BCUT2D eigenvalue weighted by Gasteiger charge is 2.34. The molecule has 0 spiro atoms. The molecule has 0 bridgehead atoms. The molecule has 0 atom stereocenters. The van der Waals surface area contributed by atoms with E-state index in [1.54, 1.807) is 0 Å². The molecule has 0 unspecified atom stereocenters. The van der Waals surface area contributed by atoms with Gasteiger partial charge in [0.15, 0.2) is 0 Å². The first-order valence-electron chi connectivity index (χ1n) is 7.28. The second kappa shape index (κ2) is 6.31. The molecule has 20 heavy (non-hydrogen) atoms. The Labute approximate surface area is 120 Å². The zero-order chi connectivity index (χ0) is 14.6. The molecular formula is C15H25N3O2. The van der Waals surface area contributed by atoms with E-state index >= 15 is 0 Å². The molecular weight excluding hydrogens is 254 g/mol. The summed E-state index contributed by atoms with van der Waals surface area (Å²) in [6, 6.07) is 4.39. The third kappa shape index (κ3) is 4.89. The zero-order valence-corrected chi connectivity index (χ0v) is 12.6. The van der Waals surface area contributed by atoms with Crippen LogP contribution in [0.3, 0.4) is 0 Å². The Morgan fingerprint density at radius 2 is 2.25 bits per heavy atom. The normalized spacial score (nSPS) is 15.2. The summed E-state index contributed by atoms with van der Waals surface area (Å²) >= 11 is 0. The van der Waals surface area contributed by atoms with Gasteiger partial charge < -0.3 is 19.9 Å². The Bertz CT molecular complexity index is 419. The molecule has 1 aromatic heterocycles. The van der Waals surface area contributed by atoms with Crippen molar-refractivity contribution < 1.29 is 9.53 Å². The Kier molecular flexibility index (Phi) is 4.70. The number of nitrogens with zero attached hydrogens (tertiary/aromatic N) is 1. The summed E-state index contributed by atoms with van der Waals surface area (Å²) in [4.78, 5) is 17.1. The first kappa shape index (κ1) is 14.9. The molecule has 5 heteroatoms. The highest BCUT2D eigenvalue weighted by molar-refractivity contribution is 5.69. The van der Waals surface area contributed by atoms with E-state index in [1.807, 2.05) is 44.0 Å². The van der Waals surface area contributed by atoms with E-state index in [4.69, 9.17) is 4.74 Å². The van der Waals surface area contributed by atoms with E-state index in [0.29, 0.717) is 12.6 Å². The molecule has 112 valence electrons. The second-order valence-electron chi connectivity index (χ2n) is 6.28. The minimum Gasteiger partial charge on any atom is -0.444 e. The monoisotopic (exact) mass is 279 g/mol. The lowest BCUT2D eigenvalue weighted by Crippen LogP contribution is -2.41. The largest absolute Gasteiger partial charge is 0.444 e. The summed E-state index contributed by atoms with van der Waals surface area (Å²) in [7, 11) is 0. The Balaban J connectivity index is 1.73. The minimum absolute atomic E-state index is 0.193. The van der Waals surface area contributed by atoms with Crippen molar-refractivity contribution in [3.05, 3.63) is 24.0 Å². The zero-order valence-electron chi connectivity index (χ0n) is 12.6. The number of carbonyl (C=O) groups is 1. The summed E-state index contributed by atoms with van der Waals surface area (Å²) in [6.45, 7) is 7.97. The van der Waals surface area contributed by atoms with Gasteiger partial charge in [0, 0.05) is 37.6 Å². The second-order valence-corrected chi connectivity index (χ2v) is 6.28. The average molecular weight is 279 g/mol. The van der Waals surface area contributed by atoms with Crippen LogP contribution in [-0.4, -0.2) is 40.7 Å². The summed E-state index contributed by atoms with van der Waals surface area (Å²) in [6.07, 6.45) is 3.90. The molecule has 0 aliphatic heterocycles. The number of aromatic nitrogens is 1. The number of rotatable bonds is 6. The quantitative estimate of drug-likeness (QED) is 0.787. The van der Waals surface area contributed by atoms with Gasteiger partial charge in [0.05, 0.1) is 0 Å². The van der Waals surface area contributed by atoms with Crippen molar-refractivity contribution in [1.29, 1.82) is 0 Å². The average Bonchev–Trinajstić information content (AvgIpc) is 3.03. The molecule has 1 aliphatic rings. The number of amides is 1. The van der Waals surface area contributed by atoms with Gasteiger partial charge in [-0.15, -0.1) is 0 Å². The van der Waals surface area contributed by atoms with Crippen LogP contribution in [0.15, 0.2) is 18.3 Å². The topological polar surface area (TPSA) is 57.4 Å². The summed E-state index contributed by atoms with van der Waals surface area (Å²) in [5.41, 5.74) is 0.724. The molecule has 1 aliphatic carbocycles. The van der Waals surface area contributed by atoms with Gasteiger partial charge in [-0.1, -0.05) is 0 Å². The van der Waals surface area contributed by atoms with E-state index in [1.165, 1.54) is 0 Å². The van der Waals surface area contributed by atoms with E-state index in [0.717, 1.165) is 31.6 Å². The van der Waals surface area contributed by atoms with Crippen LogP contribution in [0.5, 0.6) is 0 Å². The number of aromatic amines is 1. The summed E-state index contributed by atoms with van der Waals surface area (Å²) < 4.78 is 5.46. The van der Waals surface area contributed by atoms with Gasteiger partial charge in [-0.05, 0) is 45.7 Å². The molecule has 1 heterocycles. The Morgan fingerprint density at radius 3 is 2.80 bits per heavy atom. The van der Waals surface area contributed by atoms with Crippen LogP contribution in [0.2, 0.25) is 0 Å². The Hall–Kier alpha value is -1.49. The number of H-pyrrole nitrogens is 1. The predicted octanol–water partition coefficient (Wildman–Crippen LogP) is 2.50. The van der Waals surface area contributed by atoms with Crippen molar-refractivity contribution in [3.8, 4) is 0 Å². The number of carbonyl (C=O) groups excluding carboxylic acids is 1. The number of hydrogen-bond acceptors (Lipinski definition) is 3. The maximum Gasteiger partial charge on any atom is 0.410 e. The highest BCUT2D eigenvalue weighted by Crippen LogP contribution is 2.27.